The molecule has 1 N–H and O–H groups in total. The summed E-state index contributed by atoms with van der Waals surface area (Å²) < 4.78 is 13.8. The van der Waals surface area contributed by atoms with Gasteiger partial charge in [0.05, 0.1) is 16.1 Å². The van der Waals surface area contributed by atoms with Gasteiger partial charge in [-0.1, -0.05) is 35.3 Å². The number of nitrogens with one attached hydrogen (secondary N) is 1. The standard InChI is InChI=1S/C20H19Cl2FN2O2/c21-14-5-6-15(17(22)11-14)19(26)24-12-13-7-9-25(10-8-13)20(27)16-3-1-2-4-18(16)23/h1-6,11,13H,7-10,12H2,(H,24,26). The van der Waals surface area contributed by atoms with Gasteiger partial charge in [-0.05, 0) is 49.1 Å². The molecule has 0 saturated carbocycles. The quantitative estimate of drug-likeness (QED) is 0.813. The Morgan fingerprint density at radius 2 is 1.78 bits per heavy atom. The normalized spacial score (nSPS) is 14.9. The fraction of sp³-hybridized carbons (Fsp3) is 0.300. The molecule has 2 amide bonds. The van der Waals surface area contributed by atoms with Crippen molar-refractivity contribution in [3.63, 3.8) is 0 Å². The molecule has 3 rings (SSSR count). The number of likely N-dealkylation sites (tertiary alicyclic amines) is 1. The van der Waals surface area contributed by atoms with Crippen molar-refractivity contribution in [1.29, 1.82) is 0 Å². The smallest absolute Gasteiger partial charge is 0.256 e. The Hall–Kier alpha value is -2.11. The topological polar surface area (TPSA) is 49.4 Å². The number of benzene rings is 2. The Morgan fingerprint density at radius 3 is 2.44 bits per heavy atom. The molecule has 0 bridgehead atoms. The first-order valence-electron chi connectivity index (χ1n) is 8.72. The third kappa shape index (κ3) is 4.79. The van der Waals surface area contributed by atoms with Gasteiger partial charge >= 0.3 is 0 Å². The Bertz CT molecular complexity index is 852. The molecule has 0 aliphatic carbocycles. The Kier molecular flexibility index (Phi) is 6.34. The maximum absolute atomic E-state index is 13.8. The molecule has 2 aromatic rings. The van der Waals surface area contributed by atoms with Crippen molar-refractivity contribution in [2.45, 2.75) is 12.8 Å². The lowest BCUT2D eigenvalue weighted by atomic mass is 9.96. The number of hydrogen-bond donors (Lipinski definition) is 1. The van der Waals surface area contributed by atoms with Crippen LogP contribution < -0.4 is 5.32 Å². The summed E-state index contributed by atoms with van der Waals surface area (Å²) in [4.78, 5) is 26.4. The lowest BCUT2D eigenvalue weighted by Gasteiger charge is -2.32. The first kappa shape index (κ1) is 19.6. The Balaban J connectivity index is 1.50. The molecule has 0 unspecified atom stereocenters. The molecule has 1 aliphatic heterocycles. The molecule has 4 nitrogen and oxygen atoms in total. The molecule has 7 heteroatoms. The van der Waals surface area contributed by atoms with Gasteiger partial charge in [0.15, 0.2) is 0 Å². The number of amides is 2. The molecule has 1 aliphatic rings. The molecule has 0 aromatic heterocycles. The van der Waals surface area contributed by atoms with Gasteiger partial charge in [-0.15, -0.1) is 0 Å². The minimum absolute atomic E-state index is 0.0987. The van der Waals surface area contributed by atoms with Crippen LogP contribution in [0.1, 0.15) is 33.6 Å². The van der Waals surface area contributed by atoms with Crippen LogP contribution in [0.2, 0.25) is 10.0 Å². The van der Waals surface area contributed by atoms with E-state index in [0.717, 1.165) is 12.8 Å². The van der Waals surface area contributed by atoms with Crippen LogP contribution in [-0.2, 0) is 0 Å². The van der Waals surface area contributed by atoms with Gasteiger partial charge in [-0.25, -0.2) is 4.39 Å². The van der Waals surface area contributed by atoms with E-state index in [1.165, 1.54) is 18.2 Å². The second-order valence-electron chi connectivity index (χ2n) is 6.55. The van der Waals surface area contributed by atoms with Crippen LogP contribution in [0.3, 0.4) is 0 Å². The lowest BCUT2D eigenvalue weighted by Crippen LogP contribution is -2.41. The maximum atomic E-state index is 13.8. The van der Waals surface area contributed by atoms with Gasteiger partial charge < -0.3 is 10.2 Å². The van der Waals surface area contributed by atoms with Crippen molar-refractivity contribution >= 4 is 35.0 Å². The molecule has 0 radical (unpaired) electrons. The molecule has 0 spiro atoms. The molecular weight excluding hydrogens is 390 g/mol. The molecule has 27 heavy (non-hydrogen) atoms. The van der Waals surface area contributed by atoms with Gasteiger partial charge in [0.2, 0.25) is 0 Å². The number of nitrogens with zero attached hydrogens (tertiary/aromatic N) is 1. The van der Waals surface area contributed by atoms with Crippen molar-refractivity contribution in [3.8, 4) is 0 Å². The van der Waals surface area contributed by atoms with Crippen molar-refractivity contribution in [1.82, 2.24) is 10.2 Å². The summed E-state index contributed by atoms with van der Waals surface area (Å²) in [6, 6.07) is 10.8. The van der Waals surface area contributed by atoms with Crippen LogP contribution in [0.5, 0.6) is 0 Å². The first-order chi connectivity index (χ1) is 13.0. The molecule has 0 atom stereocenters. The Labute approximate surface area is 167 Å². The molecule has 1 fully saturated rings. The Morgan fingerprint density at radius 1 is 1.07 bits per heavy atom. The minimum atomic E-state index is -0.503. The van der Waals surface area contributed by atoms with Crippen molar-refractivity contribution in [3.05, 3.63) is 69.5 Å². The van der Waals surface area contributed by atoms with E-state index in [1.807, 2.05) is 0 Å². The molecular formula is C20H19Cl2FN2O2. The van der Waals surface area contributed by atoms with E-state index in [1.54, 1.807) is 29.2 Å². The minimum Gasteiger partial charge on any atom is -0.352 e. The van der Waals surface area contributed by atoms with E-state index in [9.17, 15) is 14.0 Å². The highest BCUT2D eigenvalue weighted by Gasteiger charge is 2.25. The zero-order chi connectivity index (χ0) is 19.4. The van der Waals surface area contributed by atoms with Crippen LogP contribution in [0.15, 0.2) is 42.5 Å². The summed E-state index contributed by atoms with van der Waals surface area (Å²) >= 11 is 11.9. The van der Waals surface area contributed by atoms with Gasteiger partial charge in [0, 0.05) is 24.7 Å². The molecule has 2 aromatic carbocycles. The zero-order valence-corrected chi connectivity index (χ0v) is 16.1. The fourth-order valence-corrected chi connectivity index (χ4v) is 3.65. The predicted molar refractivity (Wildman–Crippen MR) is 104 cm³/mol. The molecule has 142 valence electrons. The number of piperidine rings is 1. The van der Waals surface area contributed by atoms with Crippen LogP contribution in [0.25, 0.3) is 0 Å². The molecule has 1 heterocycles. The van der Waals surface area contributed by atoms with Crippen molar-refractivity contribution < 1.29 is 14.0 Å². The highest BCUT2D eigenvalue weighted by atomic mass is 35.5. The van der Waals surface area contributed by atoms with Crippen molar-refractivity contribution in [2.24, 2.45) is 5.92 Å². The molecule has 1 saturated heterocycles. The van der Waals surface area contributed by atoms with E-state index >= 15 is 0 Å². The number of halogens is 3. The summed E-state index contributed by atoms with van der Waals surface area (Å²) in [7, 11) is 0. The zero-order valence-electron chi connectivity index (χ0n) is 14.6. The number of carbonyl (C=O) groups is 2. The average molecular weight is 409 g/mol. The van der Waals surface area contributed by atoms with Gasteiger partial charge in [-0.2, -0.15) is 0 Å². The van der Waals surface area contributed by atoms with E-state index in [0.29, 0.717) is 35.2 Å². The summed E-state index contributed by atoms with van der Waals surface area (Å²) in [6.07, 6.45) is 1.49. The van der Waals surface area contributed by atoms with Crippen LogP contribution in [0.4, 0.5) is 4.39 Å². The third-order valence-corrected chi connectivity index (χ3v) is 5.28. The highest BCUT2D eigenvalue weighted by Crippen LogP contribution is 2.22. The van der Waals surface area contributed by atoms with Crippen molar-refractivity contribution in [2.75, 3.05) is 19.6 Å². The predicted octanol–water partition coefficient (Wildman–Crippen LogP) is 4.41. The van der Waals surface area contributed by atoms with E-state index < -0.39 is 5.82 Å². The van der Waals surface area contributed by atoms with Gasteiger partial charge in [0.1, 0.15) is 5.82 Å². The largest absolute Gasteiger partial charge is 0.352 e. The van der Waals surface area contributed by atoms with Gasteiger partial charge in [0.25, 0.3) is 11.8 Å². The summed E-state index contributed by atoms with van der Waals surface area (Å²) in [6.45, 7) is 1.57. The lowest BCUT2D eigenvalue weighted by molar-refractivity contribution is 0.0679. The van der Waals surface area contributed by atoms with E-state index in [2.05, 4.69) is 5.32 Å². The number of hydrogen-bond acceptors (Lipinski definition) is 2. The van der Waals surface area contributed by atoms with E-state index in [4.69, 9.17) is 23.2 Å². The highest BCUT2D eigenvalue weighted by molar-refractivity contribution is 6.36. The summed E-state index contributed by atoms with van der Waals surface area (Å²) in [5.74, 6) is -0.786. The second kappa shape index (κ2) is 8.72. The third-order valence-electron chi connectivity index (χ3n) is 4.73. The summed E-state index contributed by atoms with van der Waals surface area (Å²) in [5, 5.41) is 3.67. The maximum Gasteiger partial charge on any atom is 0.256 e. The monoisotopic (exact) mass is 408 g/mol. The fourth-order valence-electron chi connectivity index (χ4n) is 3.15. The average Bonchev–Trinajstić information content (AvgIpc) is 2.66. The van der Waals surface area contributed by atoms with Crippen LogP contribution in [-0.4, -0.2) is 36.3 Å². The van der Waals surface area contributed by atoms with E-state index in [-0.39, 0.29) is 23.3 Å². The second-order valence-corrected chi connectivity index (χ2v) is 7.39. The van der Waals surface area contributed by atoms with Crippen LogP contribution in [0, 0.1) is 11.7 Å². The number of carbonyl (C=O) groups excluding carboxylic acids is 2. The first-order valence-corrected chi connectivity index (χ1v) is 9.48. The summed E-state index contributed by atoms with van der Waals surface area (Å²) in [5.41, 5.74) is 0.481. The van der Waals surface area contributed by atoms with Gasteiger partial charge in [-0.3, -0.25) is 9.59 Å². The number of rotatable bonds is 4. The van der Waals surface area contributed by atoms with Crippen LogP contribution >= 0.6 is 23.2 Å². The SMILES string of the molecule is O=C(NCC1CCN(C(=O)c2ccccc2F)CC1)c1ccc(Cl)cc1Cl.